The van der Waals surface area contributed by atoms with Crippen LogP contribution in [0.5, 0.6) is 0 Å². The maximum atomic E-state index is 12.2. The highest BCUT2D eigenvalue weighted by atomic mass is 16.5. The molecule has 2 rings (SSSR count). The summed E-state index contributed by atoms with van der Waals surface area (Å²) in [5.41, 5.74) is 1.96. The van der Waals surface area contributed by atoms with Crippen molar-refractivity contribution in [3.05, 3.63) is 35.4 Å². The fourth-order valence-electron chi connectivity index (χ4n) is 2.32. The number of morpholine rings is 1. The highest BCUT2D eigenvalue weighted by Gasteiger charge is 2.15. The van der Waals surface area contributed by atoms with Crippen molar-refractivity contribution in [2.45, 2.75) is 19.9 Å². The fourth-order valence-corrected chi connectivity index (χ4v) is 2.32. The number of rotatable bonds is 6. The molecule has 1 atom stereocenters. The molecule has 110 valence electrons. The fraction of sp³-hybridized carbons (Fsp3) is 0.562. The van der Waals surface area contributed by atoms with Gasteiger partial charge in [0.2, 0.25) is 0 Å². The summed E-state index contributed by atoms with van der Waals surface area (Å²) in [5.74, 6) is 0.159. The van der Waals surface area contributed by atoms with Crippen LogP contribution in [-0.4, -0.2) is 56.1 Å². The summed E-state index contributed by atoms with van der Waals surface area (Å²) in [6, 6.07) is 7.62. The van der Waals surface area contributed by atoms with Crippen LogP contribution in [0.25, 0.3) is 0 Å². The number of ether oxygens (including phenoxy) is 1. The van der Waals surface area contributed by atoms with E-state index in [9.17, 15) is 4.79 Å². The zero-order valence-electron chi connectivity index (χ0n) is 12.4. The Morgan fingerprint density at radius 1 is 1.30 bits per heavy atom. The lowest BCUT2D eigenvalue weighted by Crippen LogP contribution is -2.43. The highest BCUT2D eigenvalue weighted by Crippen LogP contribution is 2.06. The van der Waals surface area contributed by atoms with E-state index < -0.39 is 0 Å². The van der Waals surface area contributed by atoms with Crippen LogP contribution >= 0.6 is 0 Å². The summed E-state index contributed by atoms with van der Waals surface area (Å²) in [6.45, 7) is 9.37. The van der Waals surface area contributed by atoms with Gasteiger partial charge in [0, 0.05) is 31.7 Å². The molecule has 1 aromatic rings. The topological polar surface area (TPSA) is 41.6 Å². The number of carbonyl (C=O) groups excluding carboxylic acids is 1. The lowest BCUT2D eigenvalue weighted by Gasteiger charge is -2.27. The first-order chi connectivity index (χ1) is 9.66. The maximum absolute atomic E-state index is 12.2. The van der Waals surface area contributed by atoms with Crippen LogP contribution < -0.4 is 5.32 Å². The number of nitrogens with one attached hydrogen (secondary N) is 1. The van der Waals surface area contributed by atoms with Crippen molar-refractivity contribution >= 4 is 5.78 Å². The Balaban J connectivity index is 1.74. The first kappa shape index (κ1) is 15.2. The maximum Gasteiger partial charge on any atom is 0.179 e. The molecule has 1 heterocycles. The van der Waals surface area contributed by atoms with Crippen molar-refractivity contribution in [1.82, 2.24) is 10.2 Å². The number of Topliss-reactive ketones (excluding diaryl/α,β-unsaturated/α-hetero) is 1. The SMILES string of the molecule is Cc1ccc(C(=O)C(C)NCCN2CCOCC2)cc1. The van der Waals surface area contributed by atoms with E-state index in [-0.39, 0.29) is 11.8 Å². The van der Waals surface area contributed by atoms with E-state index in [0.717, 1.165) is 45.0 Å². The average molecular weight is 276 g/mol. The van der Waals surface area contributed by atoms with Gasteiger partial charge in [-0.05, 0) is 13.8 Å². The number of benzene rings is 1. The predicted molar refractivity (Wildman–Crippen MR) is 80.2 cm³/mol. The van der Waals surface area contributed by atoms with Gasteiger partial charge in [-0.1, -0.05) is 29.8 Å². The van der Waals surface area contributed by atoms with E-state index in [2.05, 4.69) is 10.2 Å². The number of carbonyl (C=O) groups is 1. The third-order valence-electron chi connectivity index (χ3n) is 3.71. The number of hydrogen-bond donors (Lipinski definition) is 1. The summed E-state index contributed by atoms with van der Waals surface area (Å²) in [5, 5.41) is 3.31. The van der Waals surface area contributed by atoms with Gasteiger partial charge in [0.05, 0.1) is 19.3 Å². The van der Waals surface area contributed by atoms with Gasteiger partial charge in [0.1, 0.15) is 0 Å². The van der Waals surface area contributed by atoms with Crippen LogP contribution in [0.2, 0.25) is 0 Å². The molecule has 0 aliphatic carbocycles. The number of ketones is 1. The second-order valence-electron chi connectivity index (χ2n) is 5.36. The molecule has 0 spiro atoms. The van der Waals surface area contributed by atoms with Crippen molar-refractivity contribution in [1.29, 1.82) is 0 Å². The second kappa shape index (κ2) is 7.53. The molecule has 0 aromatic heterocycles. The van der Waals surface area contributed by atoms with E-state index >= 15 is 0 Å². The molecule has 1 aliphatic rings. The smallest absolute Gasteiger partial charge is 0.179 e. The molecule has 1 aromatic carbocycles. The minimum absolute atomic E-state index is 0.140. The molecule has 0 radical (unpaired) electrons. The van der Waals surface area contributed by atoms with Crippen molar-refractivity contribution < 1.29 is 9.53 Å². The van der Waals surface area contributed by atoms with E-state index in [1.54, 1.807) is 0 Å². The molecule has 1 saturated heterocycles. The van der Waals surface area contributed by atoms with Gasteiger partial charge in [-0.3, -0.25) is 9.69 Å². The monoisotopic (exact) mass is 276 g/mol. The van der Waals surface area contributed by atoms with Gasteiger partial charge < -0.3 is 10.1 Å². The van der Waals surface area contributed by atoms with Crippen molar-refractivity contribution in [2.75, 3.05) is 39.4 Å². The quantitative estimate of drug-likeness (QED) is 0.799. The van der Waals surface area contributed by atoms with Crippen LogP contribution in [0, 0.1) is 6.92 Å². The van der Waals surface area contributed by atoms with Crippen LogP contribution in [0.4, 0.5) is 0 Å². The summed E-state index contributed by atoms with van der Waals surface area (Å²) in [7, 11) is 0. The Morgan fingerprint density at radius 3 is 2.60 bits per heavy atom. The van der Waals surface area contributed by atoms with Gasteiger partial charge in [-0.15, -0.1) is 0 Å². The van der Waals surface area contributed by atoms with Crippen molar-refractivity contribution in [2.24, 2.45) is 0 Å². The van der Waals surface area contributed by atoms with E-state index in [1.165, 1.54) is 5.56 Å². The van der Waals surface area contributed by atoms with E-state index in [0.29, 0.717) is 0 Å². The Hall–Kier alpha value is -1.23. The zero-order valence-corrected chi connectivity index (χ0v) is 12.4. The molecule has 0 amide bonds. The largest absolute Gasteiger partial charge is 0.379 e. The average Bonchev–Trinajstić information content (AvgIpc) is 2.48. The van der Waals surface area contributed by atoms with Crippen molar-refractivity contribution in [3.63, 3.8) is 0 Å². The second-order valence-corrected chi connectivity index (χ2v) is 5.36. The molecule has 4 heteroatoms. The molecule has 0 saturated carbocycles. The summed E-state index contributed by atoms with van der Waals surface area (Å²) in [4.78, 5) is 14.6. The Bertz CT molecular complexity index is 425. The third-order valence-corrected chi connectivity index (χ3v) is 3.71. The van der Waals surface area contributed by atoms with Crippen molar-refractivity contribution in [3.8, 4) is 0 Å². The minimum atomic E-state index is -0.140. The van der Waals surface area contributed by atoms with E-state index in [4.69, 9.17) is 4.74 Å². The van der Waals surface area contributed by atoms with Gasteiger partial charge in [0.25, 0.3) is 0 Å². The Kier molecular flexibility index (Phi) is 5.71. The molecule has 0 bridgehead atoms. The standard InChI is InChI=1S/C16H24N2O2/c1-13-3-5-15(6-4-13)16(19)14(2)17-7-8-18-9-11-20-12-10-18/h3-6,14,17H,7-12H2,1-2H3. The first-order valence-corrected chi connectivity index (χ1v) is 7.31. The first-order valence-electron chi connectivity index (χ1n) is 7.31. The van der Waals surface area contributed by atoms with E-state index in [1.807, 2.05) is 38.1 Å². The lowest BCUT2D eigenvalue weighted by molar-refractivity contribution is 0.0381. The minimum Gasteiger partial charge on any atom is -0.379 e. The summed E-state index contributed by atoms with van der Waals surface area (Å²) >= 11 is 0. The molecular weight excluding hydrogens is 252 g/mol. The normalized spacial score (nSPS) is 17.9. The molecule has 1 aliphatic heterocycles. The highest BCUT2D eigenvalue weighted by molar-refractivity contribution is 5.99. The Morgan fingerprint density at radius 2 is 1.95 bits per heavy atom. The number of hydrogen-bond acceptors (Lipinski definition) is 4. The number of nitrogens with zero attached hydrogens (tertiary/aromatic N) is 1. The Labute approximate surface area is 121 Å². The predicted octanol–water partition coefficient (Wildman–Crippen LogP) is 1.49. The summed E-state index contributed by atoms with van der Waals surface area (Å²) < 4.78 is 5.32. The van der Waals surface area contributed by atoms with Gasteiger partial charge in [-0.25, -0.2) is 0 Å². The van der Waals surface area contributed by atoms with Crippen LogP contribution in [0.1, 0.15) is 22.8 Å². The molecule has 20 heavy (non-hydrogen) atoms. The number of aryl methyl sites for hydroxylation is 1. The molecule has 1 N–H and O–H groups in total. The molecule has 1 fully saturated rings. The van der Waals surface area contributed by atoms with Gasteiger partial charge in [-0.2, -0.15) is 0 Å². The third kappa shape index (κ3) is 4.40. The zero-order chi connectivity index (χ0) is 14.4. The summed E-state index contributed by atoms with van der Waals surface area (Å²) in [6.07, 6.45) is 0. The molecular formula is C16H24N2O2. The van der Waals surface area contributed by atoms with Gasteiger partial charge in [0.15, 0.2) is 5.78 Å². The molecule has 1 unspecified atom stereocenters. The van der Waals surface area contributed by atoms with Gasteiger partial charge >= 0.3 is 0 Å². The lowest BCUT2D eigenvalue weighted by atomic mass is 10.0. The van der Waals surface area contributed by atoms with Crippen LogP contribution in [0.15, 0.2) is 24.3 Å². The molecule has 4 nitrogen and oxygen atoms in total. The van der Waals surface area contributed by atoms with Crippen LogP contribution in [-0.2, 0) is 4.74 Å². The van der Waals surface area contributed by atoms with Crippen LogP contribution in [0.3, 0.4) is 0 Å².